The van der Waals surface area contributed by atoms with Crippen LogP contribution in [0.15, 0.2) is 421 Å². The maximum Gasteiger partial charge on any atom is 0.143 e. The molecule has 0 saturated carbocycles. The molecule has 108 heavy (non-hydrogen) atoms. The largest absolute Gasteiger partial charge is 0.455 e. The first kappa shape index (κ1) is 63.4. The average molecular weight is 1380 g/mol. The van der Waals surface area contributed by atoms with Crippen molar-refractivity contribution in [3.63, 3.8) is 0 Å². The second kappa shape index (κ2) is 27.1. The Labute approximate surface area is 626 Å². The van der Waals surface area contributed by atoms with Crippen molar-refractivity contribution in [2.45, 2.75) is 0 Å². The summed E-state index contributed by atoms with van der Waals surface area (Å²) >= 11 is 0. The van der Waals surface area contributed by atoms with Crippen molar-refractivity contribution in [1.82, 2.24) is 0 Å². The van der Waals surface area contributed by atoms with E-state index in [1.807, 2.05) is 0 Å². The van der Waals surface area contributed by atoms with E-state index < -0.39 is 0 Å². The Hall–Kier alpha value is -14.3. The summed E-state index contributed by atoms with van der Waals surface area (Å²) in [5.74, 6) is 0. The van der Waals surface area contributed by atoms with Crippen LogP contribution in [0.4, 0.5) is 34.1 Å². The molecule has 20 rings (SSSR count). The third kappa shape index (κ3) is 11.7. The van der Waals surface area contributed by atoms with Crippen LogP contribution < -0.4 is 9.80 Å². The van der Waals surface area contributed by atoms with E-state index >= 15 is 0 Å². The molecule has 506 valence electrons. The Morgan fingerprint density at radius 1 is 0.157 bits per heavy atom. The molecule has 0 bridgehead atoms. The fourth-order valence-corrected chi connectivity index (χ4v) is 16.1. The minimum atomic E-state index is 0.845. The Morgan fingerprint density at radius 2 is 0.463 bits per heavy atom. The van der Waals surface area contributed by atoms with Crippen LogP contribution in [0.25, 0.3) is 166 Å². The van der Waals surface area contributed by atoms with Crippen molar-refractivity contribution < 1.29 is 8.83 Å². The van der Waals surface area contributed by atoms with Gasteiger partial charge in [-0.25, -0.2) is 0 Å². The standard InChI is InChI=1S/C104H68N2O2/c1-6-23-69(24-7-1)77-32-18-33-78(59-77)74-49-54-88(55-50-74)106(92-66-83(70-25-8-2-9-26-70)61-84(67-92)71-27-10-3-11-28-71)90-39-20-35-81(64-90)94-42-22-44-100-102(94)98-58-53-82-60-79(52-56-96(82)104(98)108-100)73-45-47-75(48-46-73)86-62-85(72-29-12-4-13-30-72)65-91(68-86)105(87-36-14-5-15-37-87)89-38-19-34-80(63-89)93-41-21-43-99-101(93)97-57-51-76-31-16-17-40-95(76)103(97)107-99/h1-68H. The Kier molecular flexibility index (Phi) is 15.9. The van der Waals surface area contributed by atoms with Gasteiger partial charge in [0.15, 0.2) is 0 Å². The molecule has 0 aliphatic heterocycles. The molecule has 2 heterocycles. The highest BCUT2D eigenvalue weighted by atomic mass is 16.3. The van der Waals surface area contributed by atoms with E-state index in [-0.39, 0.29) is 0 Å². The van der Waals surface area contributed by atoms with Gasteiger partial charge in [-0.2, -0.15) is 0 Å². The van der Waals surface area contributed by atoms with Crippen LogP contribution in [0.2, 0.25) is 0 Å². The van der Waals surface area contributed by atoms with Gasteiger partial charge in [-0.15, -0.1) is 0 Å². The monoisotopic (exact) mass is 1380 g/mol. The number of hydrogen-bond acceptors (Lipinski definition) is 4. The van der Waals surface area contributed by atoms with Crippen molar-refractivity contribution in [3.8, 4) is 100 Å². The highest BCUT2D eigenvalue weighted by Gasteiger charge is 2.23. The van der Waals surface area contributed by atoms with E-state index in [0.717, 1.165) is 183 Å². The first-order valence-corrected chi connectivity index (χ1v) is 36.9. The van der Waals surface area contributed by atoms with E-state index in [1.165, 1.54) is 16.7 Å². The van der Waals surface area contributed by atoms with Crippen LogP contribution in [0, 0.1) is 0 Å². The first-order valence-electron chi connectivity index (χ1n) is 36.9. The van der Waals surface area contributed by atoms with E-state index in [2.05, 4.69) is 422 Å². The molecule has 0 aliphatic carbocycles. The molecule has 20 aromatic rings. The highest BCUT2D eigenvalue weighted by Crippen LogP contribution is 2.48. The molecule has 0 unspecified atom stereocenters. The molecule has 0 amide bonds. The van der Waals surface area contributed by atoms with Crippen LogP contribution in [0.1, 0.15) is 0 Å². The highest BCUT2D eigenvalue weighted by molar-refractivity contribution is 6.21. The predicted octanol–water partition coefficient (Wildman–Crippen LogP) is 29.7. The summed E-state index contributed by atoms with van der Waals surface area (Å²) in [6, 6.07) is 149. The molecule has 4 heteroatoms. The second-order valence-corrected chi connectivity index (χ2v) is 27.9. The molecule has 2 aromatic heterocycles. The number of para-hydroxylation sites is 1. The molecule has 0 spiro atoms. The Bertz CT molecular complexity index is 6710. The quantitative estimate of drug-likeness (QED) is 0.102. The summed E-state index contributed by atoms with van der Waals surface area (Å²) in [6.07, 6.45) is 0. The summed E-state index contributed by atoms with van der Waals surface area (Å²) in [5, 5.41) is 8.84. The number of rotatable bonds is 15. The van der Waals surface area contributed by atoms with Gasteiger partial charge in [0.25, 0.3) is 0 Å². The van der Waals surface area contributed by atoms with Gasteiger partial charge in [-0.1, -0.05) is 285 Å². The maximum absolute atomic E-state index is 7.02. The van der Waals surface area contributed by atoms with Gasteiger partial charge < -0.3 is 18.6 Å². The van der Waals surface area contributed by atoms with Gasteiger partial charge in [0.05, 0.1) is 0 Å². The number of benzene rings is 18. The normalized spacial score (nSPS) is 11.5. The van der Waals surface area contributed by atoms with Crippen molar-refractivity contribution in [1.29, 1.82) is 0 Å². The van der Waals surface area contributed by atoms with Crippen LogP contribution >= 0.6 is 0 Å². The lowest BCUT2D eigenvalue weighted by Gasteiger charge is -2.27. The van der Waals surface area contributed by atoms with Crippen molar-refractivity contribution in [2.75, 3.05) is 9.80 Å². The number of anilines is 6. The summed E-state index contributed by atoms with van der Waals surface area (Å²) in [4.78, 5) is 4.80. The van der Waals surface area contributed by atoms with Gasteiger partial charge in [-0.05, 0) is 238 Å². The molecule has 0 radical (unpaired) electrons. The zero-order valence-electron chi connectivity index (χ0n) is 59.0. The minimum Gasteiger partial charge on any atom is -0.455 e. The molecule has 0 aliphatic rings. The van der Waals surface area contributed by atoms with E-state index in [4.69, 9.17) is 8.83 Å². The molecule has 0 atom stereocenters. The van der Waals surface area contributed by atoms with Gasteiger partial charge in [0, 0.05) is 66.4 Å². The fourth-order valence-electron chi connectivity index (χ4n) is 16.1. The number of furan rings is 2. The van der Waals surface area contributed by atoms with Gasteiger partial charge in [0.1, 0.15) is 22.3 Å². The zero-order valence-corrected chi connectivity index (χ0v) is 59.0. The molecule has 0 fully saturated rings. The van der Waals surface area contributed by atoms with Crippen LogP contribution in [0.5, 0.6) is 0 Å². The van der Waals surface area contributed by atoms with E-state index in [1.54, 1.807) is 0 Å². The average Bonchev–Trinajstić information content (AvgIpc) is 1.64. The summed E-state index contributed by atoms with van der Waals surface area (Å²) in [5.41, 5.74) is 30.3. The Morgan fingerprint density at radius 3 is 0.954 bits per heavy atom. The number of nitrogens with zero attached hydrogens (tertiary/aromatic N) is 2. The van der Waals surface area contributed by atoms with Gasteiger partial charge >= 0.3 is 0 Å². The molecular weight excluding hydrogens is 1310 g/mol. The van der Waals surface area contributed by atoms with Crippen molar-refractivity contribution >= 4 is 99.5 Å². The SMILES string of the molecule is c1ccc(-c2cccc(-c3ccc(N(c4cc(-c5ccccc5)cc(-c5ccccc5)c4)c4cccc(-c5cccc6oc7c8ccc(-c9ccc(-c%10cc(-c%11ccccc%11)cc(N(c%11ccccc%11)c%11cccc(-c%12cccc%13oc%14c%15ccccc%15ccc%14c%12%13)c%11)c%10)cc9)cc8ccc7c56)c4)cc3)c2)cc1. The van der Waals surface area contributed by atoms with Gasteiger partial charge in [0.2, 0.25) is 0 Å². The third-order valence-electron chi connectivity index (χ3n) is 21.4. The van der Waals surface area contributed by atoms with Crippen LogP contribution in [0.3, 0.4) is 0 Å². The lowest BCUT2D eigenvalue weighted by atomic mass is 9.94. The zero-order chi connectivity index (χ0) is 71.4. The Balaban J connectivity index is 0.642. The lowest BCUT2D eigenvalue weighted by Crippen LogP contribution is -2.10. The molecule has 0 N–H and O–H groups in total. The van der Waals surface area contributed by atoms with E-state index in [9.17, 15) is 0 Å². The second-order valence-electron chi connectivity index (χ2n) is 27.9. The predicted molar refractivity (Wildman–Crippen MR) is 454 cm³/mol. The van der Waals surface area contributed by atoms with Crippen LogP contribution in [-0.2, 0) is 0 Å². The lowest BCUT2D eigenvalue weighted by molar-refractivity contribution is 0.672. The summed E-state index contributed by atoms with van der Waals surface area (Å²) in [6.45, 7) is 0. The van der Waals surface area contributed by atoms with Gasteiger partial charge in [-0.3, -0.25) is 0 Å². The molecule has 18 aromatic carbocycles. The maximum atomic E-state index is 7.02. The van der Waals surface area contributed by atoms with Crippen molar-refractivity contribution in [3.05, 3.63) is 413 Å². The number of fused-ring (bicyclic) bond motifs is 10. The number of hydrogen-bond donors (Lipinski definition) is 0. The summed E-state index contributed by atoms with van der Waals surface area (Å²) < 4.78 is 13.7. The molecule has 4 nitrogen and oxygen atoms in total. The third-order valence-corrected chi connectivity index (χ3v) is 21.4. The summed E-state index contributed by atoms with van der Waals surface area (Å²) in [7, 11) is 0. The smallest absolute Gasteiger partial charge is 0.143 e. The topological polar surface area (TPSA) is 32.8 Å². The van der Waals surface area contributed by atoms with Crippen LogP contribution in [-0.4, -0.2) is 0 Å². The first-order chi connectivity index (χ1) is 53.5. The van der Waals surface area contributed by atoms with E-state index in [0.29, 0.717) is 0 Å². The van der Waals surface area contributed by atoms with Crippen molar-refractivity contribution in [2.24, 2.45) is 0 Å². The fraction of sp³-hybridized carbons (Fsp3) is 0. The molecule has 0 saturated heterocycles. The minimum absolute atomic E-state index is 0.845. The molecular formula is C104H68N2O2.